The zero-order chi connectivity index (χ0) is 9.14. The third kappa shape index (κ3) is 1.84. The first-order valence-corrected chi connectivity index (χ1v) is 4.24. The fraction of sp³-hybridized carbons (Fsp3) is 0.667. The Kier molecular flexibility index (Phi) is 2.84. The standard InChI is InChI=1S/C9H13FO2/c1-6-4-2-3-5-7(6)8(10)9(11)12/h6H,2-5H2,1H3,(H,11,12). The van der Waals surface area contributed by atoms with Gasteiger partial charge in [0.15, 0.2) is 0 Å². The Labute approximate surface area is 71.1 Å². The number of hydrogen-bond donors (Lipinski definition) is 1. The van der Waals surface area contributed by atoms with Crippen molar-refractivity contribution in [1.82, 2.24) is 0 Å². The lowest BCUT2D eigenvalue weighted by Crippen LogP contribution is -2.11. The molecule has 3 heteroatoms. The number of halogens is 1. The third-order valence-corrected chi connectivity index (χ3v) is 2.40. The van der Waals surface area contributed by atoms with Crippen molar-refractivity contribution in [2.45, 2.75) is 32.6 Å². The molecule has 0 aromatic heterocycles. The number of carbonyl (C=O) groups is 1. The van der Waals surface area contributed by atoms with Crippen molar-refractivity contribution >= 4 is 5.97 Å². The van der Waals surface area contributed by atoms with Crippen LogP contribution in [-0.2, 0) is 4.79 Å². The van der Waals surface area contributed by atoms with Gasteiger partial charge < -0.3 is 5.11 Å². The quantitative estimate of drug-likeness (QED) is 0.617. The summed E-state index contributed by atoms with van der Waals surface area (Å²) in [5.41, 5.74) is 0.494. The van der Waals surface area contributed by atoms with Crippen LogP contribution >= 0.6 is 0 Å². The minimum atomic E-state index is -1.42. The number of carboxylic acid groups (broad SMARTS) is 1. The van der Waals surface area contributed by atoms with Gasteiger partial charge in [0.1, 0.15) is 0 Å². The highest BCUT2D eigenvalue weighted by atomic mass is 19.1. The van der Waals surface area contributed by atoms with Crippen molar-refractivity contribution in [2.75, 3.05) is 0 Å². The van der Waals surface area contributed by atoms with E-state index in [1.165, 1.54) is 0 Å². The molecular formula is C9H13FO2. The average Bonchev–Trinajstić information content (AvgIpc) is 2.04. The smallest absolute Gasteiger partial charge is 0.364 e. The van der Waals surface area contributed by atoms with Crippen molar-refractivity contribution in [3.63, 3.8) is 0 Å². The normalized spacial score (nSPS) is 28.3. The van der Waals surface area contributed by atoms with E-state index in [4.69, 9.17) is 5.11 Å². The Bertz CT molecular complexity index is 221. The van der Waals surface area contributed by atoms with E-state index in [2.05, 4.69) is 0 Å². The molecule has 0 amide bonds. The summed E-state index contributed by atoms with van der Waals surface area (Å²) in [5.74, 6) is -2.24. The minimum Gasteiger partial charge on any atom is -0.476 e. The number of carboxylic acids is 1. The van der Waals surface area contributed by atoms with Gasteiger partial charge in [0, 0.05) is 0 Å². The summed E-state index contributed by atoms with van der Waals surface area (Å²) >= 11 is 0. The molecule has 0 aromatic carbocycles. The van der Waals surface area contributed by atoms with E-state index in [1.807, 2.05) is 6.92 Å². The molecule has 0 aliphatic heterocycles. The Morgan fingerprint density at radius 2 is 2.25 bits per heavy atom. The van der Waals surface area contributed by atoms with Crippen molar-refractivity contribution in [3.8, 4) is 0 Å². The van der Waals surface area contributed by atoms with Crippen LogP contribution in [0.1, 0.15) is 32.6 Å². The molecule has 0 spiro atoms. The van der Waals surface area contributed by atoms with Crippen LogP contribution in [0.3, 0.4) is 0 Å². The minimum absolute atomic E-state index is 0.106. The Balaban J connectivity index is 2.82. The predicted molar refractivity (Wildman–Crippen MR) is 43.4 cm³/mol. The summed E-state index contributed by atoms with van der Waals surface area (Å²) in [4.78, 5) is 10.3. The maximum atomic E-state index is 12.9. The molecular weight excluding hydrogens is 159 g/mol. The first kappa shape index (κ1) is 9.23. The highest BCUT2D eigenvalue weighted by Crippen LogP contribution is 2.31. The van der Waals surface area contributed by atoms with E-state index < -0.39 is 11.8 Å². The number of rotatable bonds is 1. The van der Waals surface area contributed by atoms with Gasteiger partial charge >= 0.3 is 5.97 Å². The Morgan fingerprint density at radius 1 is 1.58 bits per heavy atom. The van der Waals surface area contributed by atoms with Gasteiger partial charge in [-0.1, -0.05) is 13.3 Å². The summed E-state index contributed by atoms with van der Waals surface area (Å²) in [7, 11) is 0. The molecule has 2 nitrogen and oxygen atoms in total. The van der Waals surface area contributed by atoms with Crippen molar-refractivity contribution < 1.29 is 14.3 Å². The molecule has 0 heterocycles. The highest BCUT2D eigenvalue weighted by Gasteiger charge is 2.21. The number of allylic oxidation sites excluding steroid dienone is 1. The van der Waals surface area contributed by atoms with Crippen LogP contribution in [0, 0.1) is 5.92 Å². The van der Waals surface area contributed by atoms with Gasteiger partial charge in [-0.25, -0.2) is 4.79 Å². The van der Waals surface area contributed by atoms with Crippen LogP contribution in [0.15, 0.2) is 11.4 Å². The Morgan fingerprint density at radius 3 is 2.75 bits per heavy atom. The van der Waals surface area contributed by atoms with Gasteiger partial charge in [-0.05, 0) is 30.8 Å². The van der Waals surface area contributed by atoms with Crippen LogP contribution in [0.2, 0.25) is 0 Å². The molecule has 1 atom stereocenters. The fourth-order valence-electron chi connectivity index (χ4n) is 1.65. The highest BCUT2D eigenvalue weighted by molar-refractivity contribution is 5.85. The molecule has 1 rings (SSSR count). The number of aliphatic carboxylic acids is 1. The summed E-state index contributed by atoms with van der Waals surface area (Å²) in [6.07, 6.45) is 3.52. The largest absolute Gasteiger partial charge is 0.476 e. The number of hydrogen-bond acceptors (Lipinski definition) is 1. The zero-order valence-corrected chi connectivity index (χ0v) is 7.14. The van der Waals surface area contributed by atoms with E-state index in [1.54, 1.807) is 0 Å². The fourth-order valence-corrected chi connectivity index (χ4v) is 1.65. The second-order valence-corrected chi connectivity index (χ2v) is 3.29. The van der Waals surface area contributed by atoms with Gasteiger partial charge in [0.25, 0.3) is 0 Å². The predicted octanol–water partition coefficient (Wildman–Crippen LogP) is 2.50. The molecule has 1 fully saturated rings. The van der Waals surface area contributed by atoms with Crippen LogP contribution in [-0.4, -0.2) is 11.1 Å². The van der Waals surface area contributed by atoms with E-state index in [9.17, 15) is 9.18 Å². The third-order valence-electron chi connectivity index (χ3n) is 2.40. The van der Waals surface area contributed by atoms with E-state index in [0.29, 0.717) is 12.0 Å². The molecule has 1 saturated carbocycles. The summed E-state index contributed by atoms with van der Waals surface area (Å²) < 4.78 is 12.9. The lowest BCUT2D eigenvalue weighted by Gasteiger charge is -2.21. The molecule has 0 saturated heterocycles. The maximum absolute atomic E-state index is 12.9. The topological polar surface area (TPSA) is 37.3 Å². The molecule has 1 N–H and O–H groups in total. The van der Waals surface area contributed by atoms with Crippen LogP contribution in [0.5, 0.6) is 0 Å². The van der Waals surface area contributed by atoms with Gasteiger partial charge in [0.05, 0.1) is 0 Å². The van der Waals surface area contributed by atoms with Gasteiger partial charge in [-0.3, -0.25) is 0 Å². The van der Waals surface area contributed by atoms with E-state index in [-0.39, 0.29) is 5.92 Å². The molecule has 68 valence electrons. The molecule has 12 heavy (non-hydrogen) atoms. The zero-order valence-electron chi connectivity index (χ0n) is 7.14. The van der Waals surface area contributed by atoms with Crippen LogP contribution in [0.25, 0.3) is 0 Å². The molecule has 0 radical (unpaired) electrons. The van der Waals surface area contributed by atoms with Gasteiger partial charge in [-0.15, -0.1) is 0 Å². The first-order chi connectivity index (χ1) is 5.63. The summed E-state index contributed by atoms with van der Waals surface area (Å²) in [6.45, 7) is 1.89. The monoisotopic (exact) mass is 172 g/mol. The van der Waals surface area contributed by atoms with Gasteiger partial charge in [0.2, 0.25) is 5.83 Å². The van der Waals surface area contributed by atoms with Gasteiger partial charge in [-0.2, -0.15) is 4.39 Å². The summed E-state index contributed by atoms with van der Waals surface area (Å²) in [6, 6.07) is 0. The first-order valence-electron chi connectivity index (χ1n) is 4.24. The SMILES string of the molecule is CC1CCCCC1=C(F)C(=O)O. The maximum Gasteiger partial charge on any atom is 0.364 e. The second-order valence-electron chi connectivity index (χ2n) is 3.29. The summed E-state index contributed by atoms with van der Waals surface area (Å²) in [5, 5.41) is 8.42. The van der Waals surface area contributed by atoms with Crippen molar-refractivity contribution in [2.24, 2.45) is 5.92 Å². The van der Waals surface area contributed by atoms with Crippen LogP contribution < -0.4 is 0 Å². The van der Waals surface area contributed by atoms with Crippen molar-refractivity contribution in [1.29, 1.82) is 0 Å². The molecule has 0 bridgehead atoms. The average molecular weight is 172 g/mol. The molecule has 1 aliphatic carbocycles. The molecule has 1 unspecified atom stereocenters. The van der Waals surface area contributed by atoms with Crippen LogP contribution in [0.4, 0.5) is 4.39 Å². The second kappa shape index (κ2) is 3.70. The Hall–Kier alpha value is -0.860. The lowest BCUT2D eigenvalue weighted by atomic mass is 9.85. The molecule has 1 aliphatic rings. The van der Waals surface area contributed by atoms with Crippen molar-refractivity contribution in [3.05, 3.63) is 11.4 Å². The lowest BCUT2D eigenvalue weighted by molar-refractivity contribution is -0.134. The van der Waals surface area contributed by atoms with E-state index >= 15 is 0 Å². The molecule has 0 aromatic rings. The van der Waals surface area contributed by atoms with E-state index in [0.717, 1.165) is 19.3 Å².